The SMILES string of the molecule is COCCCN1CC2(CCC1=O)CCN(c1cc(C3CC3)ncn1)CC2. The lowest BCUT2D eigenvalue weighted by atomic mass is 9.72. The molecule has 6 nitrogen and oxygen atoms in total. The number of carbonyl (C=O) groups excluding carboxylic acids is 1. The molecule has 1 aromatic heterocycles. The highest BCUT2D eigenvalue weighted by molar-refractivity contribution is 5.77. The van der Waals surface area contributed by atoms with E-state index in [2.05, 4.69) is 25.8 Å². The van der Waals surface area contributed by atoms with Crippen molar-refractivity contribution >= 4 is 11.7 Å². The van der Waals surface area contributed by atoms with Gasteiger partial charge in [0.2, 0.25) is 5.91 Å². The summed E-state index contributed by atoms with van der Waals surface area (Å²) in [5.41, 5.74) is 1.51. The minimum absolute atomic E-state index is 0.295. The Hall–Kier alpha value is -1.69. The minimum Gasteiger partial charge on any atom is -0.385 e. The van der Waals surface area contributed by atoms with E-state index in [0.29, 0.717) is 23.7 Å². The minimum atomic E-state index is 0.295. The number of amides is 1. The van der Waals surface area contributed by atoms with Crippen LogP contribution in [0, 0.1) is 5.41 Å². The molecule has 6 heteroatoms. The molecule has 0 atom stereocenters. The van der Waals surface area contributed by atoms with Crippen LogP contribution in [0.4, 0.5) is 5.82 Å². The second-order valence-corrected chi connectivity index (χ2v) is 8.22. The number of likely N-dealkylation sites (tertiary alicyclic amines) is 1. The van der Waals surface area contributed by atoms with Gasteiger partial charge in [-0.2, -0.15) is 0 Å². The quantitative estimate of drug-likeness (QED) is 0.732. The van der Waals surface area contributed by atoms with Crippen LogP contribution < -0.4 is 4.90 Å². The Bertz CT molecular complexity index is 638. The number of methoxy groups -OCH3 is 1. The van der Waals surface area contributed by atoms with Gasteiger partial charge in [0.25, 0.3) is 0 Å². The van der Waals surface area contributed by atoms with E-state index in [1.165, 1.54) is 18.5 Å². The molecule has 3 fully saturated rings. The van der Waals surface area contributed by atoms with E-state index < -0.39 is 0 Å². The van der Waals surface area contributed by atoms with E-state index in [-0.39, 0.29) is 0 Å². The summed E-state index contributed by atoms with van der Waals surface area (Å²) in [6.07, 6.45) is 9.22. The van der Waals surface area contributed by atoms with Gasteiger partial charge in [-0.05, 0) is 43.9 Å². The van der Waals surface area contributed by atoms with Gasteiger partial charge in [-0.1, -0.05) is 0 Å². The van der Waals surface area contributed by atoms with Gasteiger partial charge >= 0.3 is 0 Å². The van der Waals surface area contributed by atoms with Crippen LogP contribution in [0.3, 0.4) is 0 Å². The third kappa shape index (κ3) is 3.85. The molecule has 0 N–H and O–H groups in total. The van der Waals surface area contributed by atoms with E-state index in [1.807, 2.05) is 0 Å². The zero-order valence-electron chi connectivity index (χ0n) is 15.8. The number of nitrogens with zero attached hydrogens (tertiary/aromatic N) is 4. The summed E-state index contributed by atoms with van der Waals surface area (Å²) < 4.78 is 5.14. The molecule has 0 unspecified atom stereocenters. The fraction of sp³-hybridized carbons (Fsp3) is 0.750. The van der Waals surface area contributed by atoms with Crippen molar-refractivity contribution in [1.29, 1.82) is 0 Å². The van der Waals surface area contributed by atoms with Crippen molar-refractivity contribution in [1.82, 2.24) is 14.9 Å². The Morgan fingerprint density at radius 2 is 2.04 bits per heavy atom. The Balaban J connectivity index is 1.36. The van der Waals surface area contributed by atoms with Gasteiger partial charge in [0.15, 0.2) is 0 Å². The molecule has 1 amide bonds. The van der Waals surface area contributed by atoms with Crippen molar-refractivity contribution in [3.8, 4) is 0 Å². The Morgan fingerprint density at radius 3 is 2.77 bits per heavy atom. The van der Waals surface area contributed by atoms with Crippen molar-refractivity contribution in [3.63, 3.8) is 0 Å². The first-order chi connectivity index (χ1) is 12.7. The number of piperidine rings is 2. The van der Waals surface area contributed by atoms with E-state index in [1.54, 1.807) is 13.4 Å². The summed E-state index contributed by atoms with van der Waals surface area (Å²) in [5, 5.41) is 0. The summed E-state index contributed by atoms with van der Waals surface area (Å²) in [4.78, 5) is 25.7. The normalized spacial score (nSPS) is 22.9. The number of rotatable bonds is 6. The molecule has 26 heavy (non-hydrogen) atoms. The fourth-order valence-corrected chi connectivity index (χ4v) is 4.46. The molecule has 3 heterocycles. The van der Waals surface area contributed by atoms with Gasteiger partial charge in [0, 0.05) is 64.0 Å². The Morgan fingerprint density at radius 1 is 1.23 bits per heavy atom. The lowest BCUT2D eigenvalue weighted by molar-refractivity contribution is -0.138. The van der Waals surface area contributed by atoms with Crippen molar-refractivity contribution in [2.24, 2.45) is 5.41 Å². The van der Waals surface area contributed by atoms with Gasteiger partial charge < -0.3 is 14.5 Å². The van der Waals surface area contributed by atoms with Crippen LogP contribution in [0.1, 0.15) is 56.6 Å². The first kappa shape index (κ1) is 17.7. The van der Waals surface area contributed by atoms with E-state index in [9.17, 15) is 4.79 Å². The van der Waals surface area contributed by atoms with Crippen molar-refractivity contribution in [2.75, 3.05) is 44.8 Å². The van der Waals surface area contributed by atoms with E-state index in [0.717, 1.165) is 64.3 Å². The number of hydrogen-bond donors (Lipinski definition) is 0. The van der Waals surface area contributed by atoms with Crippen molar-refractivity contribution in [2.45, 2.75) is 50.9 Å². The van der Waals surface area contributed by atoms with E-state index >= 15 is 0 Å². The van der Waals surface area contributed by atoms with Crippen LogP contribution in [0.5, 0.6) is 0 Å². The standard InChI is InChI=1S/C20H30N4O2/c1-26-12-2-9-24-14-20(6-5-19(24)25)7-10-23(11-8-20)18-13-17(16-3-4-16)21-15-22-18/h13,15-16H,2-12,14H2,1H3. The average molecular weight is 358 g/mol. The number of carbonyl (C=O) groups is 1. The maximum Gasteiger partial charge on any atom is 0.222 e. The first-order valence-electron chi connectivity index (χ1n) is 10.0. The predicted molar refractivity (Wildman–Crippen MR) is 100 cm³/mol. The largest absolute Gasteiger partial charge is 0.385 e. The fourth-order valence-electron chi connectivity index (χ4n) is 4.46. The van der Waals surface area contributed by atoms with Crippen LogP contribution in [-0.2, 0) is 9.53 Å². The number of aromatic nitrogens is 2. The van der Waals surface area contributed by atoms with Gasteiger partial charge in [-0.25, -0.2) is 9.97 Å². The molecule has 1 aliphatic carbocycles. The van der Waals surface area contributed by atoms with Crippen molar-refractivity contribution in [3.05, 3.63) is 18.1 Å². The summed E-state index contributed by atoms with van der Waals surface area (Å²) in [7, 11) is 1.72. The monoisotopic (exact) mass is 358 g/mol. The zero-order valence-corrected chi connectivity index (χ0v) is 15.8. The molecule has 4 rings (SSSR count). The molecule has 0 bridgehead atoms. The highest BCUT2D eigenvalue weighted by Crippen LogP contribution is 2.42. The molecule has 1 spiro atoms. The highest BCUT2D eigenvalue weighted by atomic mass is 16.5. The maximum absolute atomic E-state index is 12.3. The third-order valence-corrected chi connectivity index (χ3v) is 6.34. The van der Waals surface area contributed by atoms with Crippen LogP contribution in [0.15, 0.2) is 12.4 Å². The van der Waals surface area contributed by atoms with Gasteiger partial charge in [-0.3, -0.25) is 4.79 Å². The lowest BCUT2D eigenvalue weighted by Crippen LogP contribution is -2.52. The summed E-state index contributed by atoms with van der Waals surface area (Å²) in [5.74, 6) is 2.07. The smallest absolute Gasteiger partial charge is 0.222 e. The van der Waals surface area contributed by atoms with Crippen molar-refractivity contribution < 1.29 is 9.53 Å². The molecule has 2 aliphatic heterocycles. The molecule has 3 aliphatic rings. The number of ether oxygens (including phenoxy) is 1. The predicted octanol–water partition coefficient (Wildman–Crippen LogP) is 2.60. The van der Waals surface area contributed by atoms with Crippen LogP contribution in [-0.4, -0.2) is 60.7 Å². The van der Waals surface area contributed by atoms with E-state index in [4.69, 9.17) is 4.74 Å². The topological polar surface area (TPSA) is 58.6 Å². The summed E-state index contributed by atoms with van der Waals surface area (Å²) in [6, 6.07) is 2.19. The molecular formula is C20H30N4O2. The molecule has 142 valence electrons. The highest BCUT2D eigenvalue weighted by Gasteiger charge is 2.41. The molecule has 0 radical (unpaired) electrons. The van der Waals surface area contributed by atoms with Gasteiger partial charge in [0.05, 0.1) is 0 Å². The second kappa shape index (κ2) is 7.51. The van der Waals surface area contributed by atoms with Crippen LogP contribution in [0.2, 0.25) is 0 Å². The lowest BCUT2D eigenvalue weighted by Gasteiger charge is -2.47. The molecule has 0 aromatic carbocycles. The molecular weight excluding hydrogens is 328 g/mol. The van der Waals surface area contributed by atoms with Crippen LogP contribution in [0.25, 0.3) is 0 Å². The van der Waals surface area contributed by atoms with Gasteiger partial charge in [0.1, 0.15) is 12.1 Å². The maximum atomic E-state index is 12.3. The molecule has 2 saturated heterocycles. The summed E-state index contributed by atoms with van der Waals surface area (Å²) >= 11 is 0. The van der Waals surface area contributed by atoms with Gasteiger partial charge in [-0.15, -0.1) is 0 Å². The number of anilines is 1. The Labute approximate surface area is 155 Å². The van der Waals surface area contributed by atoms with Crippen LogP contribution >= 0.6 is 0 Å². The first-order valence-corrected chi connectivity index (χ1v) is 10.0. The zero-order chi connectivity index (χ0) is 18.0. The number of hydrogen-bond acceptors (Lipinski definition) is 5. The molecule has 1 aromatic rings. The summed E-state index contributed by atoms with van der Waals surface area (Å²) in [6.45, 7) is 4.53. The average Bonchev–Trinajstić information content (AvgIpc) is 3.51. The Kier molecular flexibility index (Phi) is 5.11. The second-order valence-electron chi connectivity index (χ2n) is 8.22. The molecule has 1 saturated carbocycles. The third-order valence-electron chi connectivity index (χ3n) is 6.34.